The van der Waals surface area contributed by atoms with Gasteiger partial charge in [-0.3, -0.25) is 4.72 Å². The van der Waals surface area contributed by atoms with Crippen molar-refractivity contribution in [1.29, 1.82) is 0 Å². The molecule has 0 aliphatic heterocycles. The van der Waals surface area contributed by atoms with E-state index in [1.807, 2.05) is 18.2 Å². The van der Waals surface area contributed by atoms with Crippen molar-refractivity contribution in [3.8, 4) is 5.75 Å². The minimum atomic E-state index is -3.38. The lowest BCUT2D eigenvalue weighted by molar-refractivity contribution is 0.172. The molecule has 7 nitrogen and oxygen atoms in total. The van der Waals surface area contributed by atoms with E-state index in [9.17, 15) is 17.9 Å². The molecule has 1 heterocycles. The number of aromatic amines is 1. The molecule has 0 aliphatic carbocycles. The Morgan fingerprint density at radius 3 is 2.72 bits per heavy atom. The van der Waals surface area contributed by atoms with Gasteiger partial charge in [0.1, 0.15) is 18.2 Å². The lowest BCUT2D eigenvalue weighted by atomic mass is 10.1. The van der Waals surface area contributed by atoms with Crippen molar-refractivity contribution in [2.45, 2.75) is 6.10 Å². The van der Waals surface area contributed by atoms with Gasteiger partial charge in [-0.05, 0) is 48.0 Å². The van der Waals surface area contributed by atoms with Crippen LogP contribution in [0.2, 0.25) is 0 Å². The first-order valence-corrected chi connectivity index (χ1v) is 12.0. The van der Waals surface area contributed by atoms with Crippen LogP contribution in [0.4, 0.5) is 10.1 Å². The number of H-pyrrole nitrogens is 1. The van der Waals surface area contributed by atoms with E-state index >= 15 is 0 Å². The average molecular weight is 458 g/mol. The second kappa shape index (κ2) is 9.15. The molecule has 4 aromatic rings. The molecule has 1 aromatic heterocycles. The van der Waals surface area contributed by atoms with Gasteiger partial charge in [0.15, 0.2) is 0 Å². The van der Waals surface area contributed by atoms with E-state index in [4.69, 9.17) is 4.74 Å². The molecule has 0 spiro atoms. The molecule has 0 amide bonds. The molecule has 4 rings (SSSR count). The molecule has 168 valence electrons. The second-order valence-corrected chi connectivity index (χ2v) is 9.34. The number of hydrogen-bond donors (Lipinski definition) is 4. The van der Waals surface area contributed by atoms with Gasteiger partial charge < -0.3 is 20.1 Å². The first-order chi connectivity index (χ1) is 15.3. The predicted octanol–water partition coefficient (Wildman–Crippen LogP) is 3.53. The Labute approximate surface area is 185 Å². The minimum Gasteiger partial charge on any atom is -0.492 e. The fourth-order valence-corrected chi connectivity index (χ4v) is 4.12. The summed E-state index contributed by atoms with van der Waals surface area (Å²) in [4.78, 5) is 3.26. The number of fused-ring (bicyclic) bond motifs is 3. The van der Waals surface area contributed by atoms with Crippen LogP contribution in [0.3, 0.4) is 0 Å². The largest absolute Gasteiger partial charge is 0.492 e. The van der Waals surface area contributed by atoms with Crippen molar-refractivity contribution in [2.24, 2.45) is 0 Å². The number of sulfonamides is 1. The van der Waals surface area contributed by atoms with Crippen LogP contribution in [0.25, 0.3) is 21.8 Å². The third-order valence-corrected chi connectivity index (χ3v) is 5.60. The van der Waals surface area contributed by atoms with Crippen molar-refractivity contribution in [1.82, 2.24) is 10.3 Å². The van der Waals surface area contributed by atoms with Gasteiger partial charge in [-0.2, -0.15) is 0 Å². The maximum Gasteiger partial charge on any atom is 0.229 e. The quantitative estimate of drug-likeness (QED) is 0.288. The zero-order chi connectivity index (χ0) is 22.7. The van der Waals surface area contributed by atoms with Crippen molar-refractivity contribution in [3.05, 3.63) is 72.0 Å². The van der Waals surface area contributed by atoms with Crippen molar-refractivity contribution in [3.63, 3.8) is 0 Å². The van der Waals surface area contributed by atoms with Crippen LogP contribution in [0.15, 0.2) is 60.7 Å². The zero-order valence-corrected chi connectivity index (χ0v) is 18.2. The van der Waals surface area contributed by atoms with Gasteiger partial charge >= 0.3 is 0 Å². The van der Waals surface area contributed by atoms with Crippen LogP contribution in [0, 0.1) is 5.82 Å². The molecular weight excluding hydrogens is 433 g/mol. The number of ether oxygens (including phenoxy) is 1. The van der Waals surface area contributed by atoms with Gasteiger partial charge in [0.05, 0.1) is 17.9 Å². The number of anilines is 1. The molecule has 0 fully saturated rings. The van der Waals surface area contributed by atoms with E-state index in [-0.39, 0.29) is 12.4 Å². The number of halogens is 1. The van der Waals surface area contributed by atoms with Gasteiger partial charge in [0.2, 0.25) is 10.0 Å². The lowest BCUT2D eigenvalue weighted by Crippen LogP contribution is -2.26. The fraction of sp³-hybridized carbons (Fsp3) is 0.217. The third kappa shape index (κ3) is 5.37. The Morgan fingerprint density at radius 1 is 1.06 bits per heavy atom. The highest BCUT2D eigenvalue weighted by atomic mass is 32.2. The summed E-state index contributed by atoms with van der Waals surface area (Å²) in [5.41, 5.74) is 2.74. The predicted molar refractivity (Wildman–Crippen MR) is 124 cm³/mol. The molecule has 0 aliphatic rings. The van der Waals surface area contributed by atoms with E-state index in [1.54, 1.807) is 30.3 Å². The number of aliphatic hydroxyl groups is 1. The minimum absolute atomic E-state index is 0.273. The lowest BCUT2D eigenvalue weighted by Gasteiger charge is -2.14. The molecule has 0 radical (unpaired) electrons. The SMILES string of the molecule is CS(=O)(=O)Nc1cccc(C(O)CNCCOc2ccc3c(c2)[nH]c2ccc(F)cc23)c1. The average Bonchev–Trinajstić information content (AvgIpc) is 3.09. The molecule has 3 aromatic carbocycles. The van der Waals surface area contributed by atoms with Crippen LogP contribution < -0.4 is 14.8 Å². The molecule has 32 heavy (non-hydrogen) atoms. The van der Waals surface area contributed by atoms with Crippen molar-refractivity contribution < 1.29 is 22.7 Å². The summed E-state index contributed by atoms with van der Waals surface area (Å²) < 4.78 is 44.4. The van der Waals surface area contributed by atoms with Gasteiger partial charge in [0.25, 0.3) is 0 Å². The maximum atomic E-state index is 13.5. The van der Waals surface area contributed by atoms with Crippen molar-refractivity contribution >= 4 is 37.5 Å². The molecular formula is C23H24FN3O4S. The molecule has 0 bridgehead atoms. The van der Waals surface area contributed by atoms with Crippen LogP contribution >= 0.6 is 0 Å². The summed E-state index contributed by atoms with van der Waals surface area (Å²) in [5.74, 6) is 0.414. The van der Waals surface area contributed by atoms with E-state index in [1.165, 1.54) is 12.1 Å². The third-order valence-electron chi connectivity index (χ3n) is 4.99. The summed E-state index contributed by atoms with van der Waals surface area (Å²) in [6.45, 7) is 1.19. The Balaban J connectivity index is 1.28. The van der Waals surface area contributed by atoms with E-state index in [0.717, 1.165) is 28.1 Å². The summed E-state index contributed by atoms with van der Waals surface area (Å²) in [6, 6.07) is 16.9. The standard InChI is InChI=1S/C23H24FN3O4S/c1-32(29,30)27-17-4-2-3-15(11-17)23(28)14-25-9-10-31-18-6-7-19-20-12-16(24)5-8-21(20)26-22(19)13-18/h2-8,11-13,23,25-28H,9-10,14H2,1H3. The smallest absolute Gasteiger partial charge is 0.229 e. The fourth-order valence-electron chi connectivity index (χ4n) is 3.57. The second-order valence-electron chi connectivity index (χ2n) is 7.59. The van der Waals surface area contributed by atoms with Crippen LogP contribution in [-0.4, -0.2) is 44.5 Å². The number of rotatable bonds is 9. The monoisotopic (exact) mass is 457 g/mol. The van der Waals surface area contributed by atoms with E-state index in [2.05, 4.69) is 15.0 Å². The highest BCUT2D eigenvalue weighted by Gasteiger charge is 2.10. The molecule has 1 atom stereocenters. The number of benzene rings is 3. The first kappa shape index (κ1) is 22.1. The van der Waals surface area contributed by atoms with E-state index in [0.29, 0.717) is 30.2 Å². The van der Waals surface area contributed by atoms with Crippen molar-refractivity contribution in [2.75, 3.05) is 30.7 Å². The Morgan fingerprint density at radius 2 is 1.91 bits per heavy atom. The molecule has 4 N–H and O–H groups in total. The zero-order valence-electron chi connectivity index (χ0n) is 17.4. The molecule has 9 heteroatoms. The van der Waals surface area contributed by atoms with Crippen LogP contribution in [0.5, 0.6) is 5.75 Å². The Kier molecular flexibility index (Phi) is 6.31. The Bertz CT molecular complexity index is 1350. The first-order valence-electron chi connectivity index (χ1n) is 10.1. The maximum absolute atomic E-state index is 13.5. The van der Waals surface area contributed by atoms with Gasteiger partial charge in [-0.25, -0.2) is 12.8 Å². The number of aliphatic hydroxyl groups excluding tert-OH is 1. The highest BCUT2D eigenvalue weighted by Crippen LogP contribution is 2.28. The molecule has 0 saturated carbocycles. The summed E-state index contributed by atoms with van der Waals surface area (Å²) in [7, 11) is -3.38. The van der Waals surface area contributed by atoms with Gasteiger partial charge in [-0.1, -0.05) is 12.1 Å². The Hall–Kier alpha value is -3.14. The summed E-state index contributed by atoms with van der Waals surface area (Å²) >= 11 is 0. The van der Waals surface area contributed by atoms with Gasteiger partial charge in [-0.15, -0.1) is 0 Å². The number of aromatic nitrogens is 1. The van der Waals surface area contributed by atoms with Crippen LogP contribution in [0.1, 0.15) is 11.7 Å². The van der Waals surface area contributed by atoms with Crippen LogP contribution in [-0.2, 0) is 10.0 Å². The molecule has 1 unspecified atom stereocenters. The summed E-state index contributed by atoms with van der Waals surface area (Å²) in [5, 5.41) is 15.2. The normalized spacial score (nSPS) is 12.8. The number of hydrogen-bond acceptors (Lipinski definition) is 5. The van der Waals surface area contributed by atoms with E-state index < -0.39 is 16.1 Å². The topological polar surface area (TPSA) is 103 Å². The molecule has 0 saturated heterocycles. The number of nitrogens with one attached hydrogen (secondary N) is 3. The van der Waals surface area contributed by atoms with Gasteiger partial charge in [0, 0.05) is 41.1 Å². The summed E-state index contributed by atoms with van der Waals surface area (Å²) in [6.07, 6.45) is 0.285. The highest BCUT2D eigenvalue weighted by molar-refractivity contribution is 7.92.